The molecule has 0 aliphatic heterocycles. The van der Waals surface area contributed by atoms with E-state index in [0.29, 0.717) is 45.9 Å². The summed E-state index contributed by atoms with van der Waals surface area (Å²) in [5, 5.41) is 1.11. The second-order valence-corrected chi connectivity index (χ2v) is 10.1. The summed E-state index contributed by atoms with van der Waals surface area (Å²) < 4.78 is 14.9. The van der Waals surface area contributed by atoms with Gasteiger partial charge in [0.1, 0.15) is 23.9 Å². The molecule has 0 N–H and O–H groups in total. The molecule has 0 saturated carbocycles. The molecule has 1 heterocycles. The second kappa shape index (κ2) is 11.9. The number of esters is 1. The number of fused-ring (bicyclic) bond motifs is 1. The third-order valence-corrected chi connectivity index (χ3v) is 6.79. The lowest BCUT2D eigenvalue weighted by Crippen LogP contribution is -2.10. The van der Waals surface area contributed by atoms with Gasteiger partial charge in [-0.05, 0) is 84.9 Å². The highest BCUT2D eigenvalue weighted by molar-refractivity contribution is 9.10. The van der Waals surface area contributed by atoms with Crippen molar-refractivity contribution in [2.24, 2.45) is 0 Å². The van der Waals surface area contributed by atoms with E-state index < -0.39 is 5.97 Å². The highest BCUT2D eigenvalue weighted by Crippen LogP contribution is 2.26. The van der Waals surface area contributed by atoms with Crippen LogP contribution in [-0.2, 0) is 11.3 Å². The van der Waals surface area contributed by atoms with Crippen molar-refractivity contribution in [1.29, 1.82) is 0 Å². The minimum absolute atomic E-state index is 0.340. The smallest absolute Gasteiger partial charge is 0.343 e. The molecule has 0 bridgehead atoms. The molecule has 5 rings (SSSR count). The van der Waals surface area contributed by atoms with E-state index in [0.717, 1.165) is 21.3 Å². The Morgan fingerprint density at radius 2 is 1.47 bits per heavy atom. The molecule has 8 heteroatoms. The van der Waals surface area contributed by atoms with E-state index >= 15 is 0 Å². The summed E-state index contributed by atoms with van der Waals surface area (Å²) in [6.45, 7) is 0.950. The van der Waals surface area contributed by atoms with Crippen LogP contribution in [0.1, 0.15) is 21.7 Å². The highest BCUT2D eigenvalue weighted by Gasteiger charge is 2.16. The molecule has 0 radical (unpaired) electrons. The monoisotopic (exact) mass is 606 g/mol. The predicted molar refractivity (Wildman–Crippen MR) is 156 cm³/mol. The Morgan fingerprint density at radius 1 is 0.842 bits per heavy atom. The van der Waals surface area contributed by atoms with Crippen molar-refractivity contribution >= 4 is 68.0 Å². The number of nitrogens with zero attached hydrogens (tertiary/aromatic N) is 2. The number of ether oxygens (including phenoxy) is 2. The van der Waals surface area contributed by atoms with E-state index in [2.05, 4.69) is 15.9 Å². The number of hydrogen-bond acceptors (Lipinski definition) is 4. The number of benzene rings is 4. The Labute approximate surface area is 238 Å². The van der Waals surface area contributed by atoms with Gasteiger partial charge in [-0.2, -0.15) is 0 Å². The van der Waals surface area contributed by atoms with Gasteiger partial charge in [-0.1, -0.05) is 51.3 Å². The van der Waals surface area contributed by atoms with Crippen LogP contribution in [-0.4, -0.2) is 22.1 Å². The Balaban J connectivity index is 1.49. The van der Waals surface area contributed by atoms with Crippen LogP contribution in [0.15, 0.2) is 102 Å². The van der Waals surface area contributed by atoms with Gasteiger partial charge in [0.2, 0.25) is 0 Å². The Bertz CT molecular complexity index is 1600. The van der Waals surface area contributed by atoms with Gasteiger partial charge in [0.15, 0.2) is 0 Å². The lowest BCUT2D eigenvalue weighted by Gasteiger charge is -2.12. The Morgan fingerprint density at radius 3 is 2.16 bits per heavy atom. The minimum atomic E-state index is -0.510. The zero-order chi connectivity index (χ0) is 26.5. The van der Waals surface area contributed by atoms with Gasteiger partial charge in [-0.25, -0.2) is 9.78 Å². The maximum Gasteiger partial charge on any atom is 0.343 e. The first kappa shape index (κ1) is 26.0. The molecule has 5 aromatic rings. The third kappa shape index (κ3) is 6.27. The molecular formula is C30H21BrCl2N2O3. The van der Waals surface area contributed by atoms with Crippen LogP contribution < -0.4 is 4.74 Å². The molecule has 0 fully saturated rings. The van der Waals surface area contributed by atoms with Crippen LogP contribution in [0, 0.1) is 0 Å². The molecular weight excluding hydrogens is 587 g/mol. The first-order valence-corrected chi connectivity index (χ1v) is 13.3. The summed E-state index contributed by atoms with van der Waals surface area (Å²) in [4.78, 5) is 17.8. The molecule has 0 aliphatic carbocycles. The molecule has 0 atom stereocenters. The molecule has 1 aromatic heterocycles. The molecule has 5 nitrogen and oxygen atoms in total. The molecule has 0 amide bonds. The third-order valence-electron chi connectivity index (χ3n) is 5.75. The van der Waals surface area contributed by atoms with Crippen LogP contribution >= 0.6 is 39.1 Å². The van der Waals surface area contributed by atoms with E-state index in [1.165, 1.54) is 0 Å². The van der Waals surface area contributed by atoms with Gasteiger partial charge in [-0.15, -0.1) is 0 Å². The summed E-state index contributed by atoms with van der Waals surface area (Å²) in [6, 6.07) is 29.2. The molecule has 0 saturated heterocycles. The van der Waals surface area contributed by atoms with Gasteiger partial charge in [0.25, 0.3) is 0 Å². The Hall–Kier alpha value is -3.58. The first-order valence-electron chi connectivity index (χ1n) is 11.8. The Kier molecular flexibility index (Phi) is 8.13. The number of carbonyl (C=O) groups is 1. The number of hydrogen-bond donors (Lipinski definition) is 0. The predicted octanol–water partition coefficient (Wildman–Crippen LogP) is 8.54. The topological polar surface area (TPSA) is 53.3 Å². The molecule has 0 spiro atoms. The molecule has 0 unspecified atom stereocenters. The van der Waals surface area contributed by atoms with E-state index in [1.54, 1.807) is 54.6 Å². The molecule has 0 aliphatic rings. The van der Waals surface area contributed by atoms with Crippen LogP contribution in [0.5, 0.6) is 5.75 Å². The van der Waals surface area contributed by atoms with Crippen LogP contribution in [0.3, 0.4) is 0 Å². The fourth-order valence-electron chi connectivity index (χ4n) is 3.87. The maximum absolute atomic E-state index is 13.0. The molecule has 190 valence electrons. The summed E-state index contributed by atoms with van der Waals surface area (Å²) >= 11 is 15.5. The van der Waals surface area contributed by atoms with Gasteiger partial charge >= 0.3 is 5.97 Å². The zero-order valence-electron chi connectivity index (χ0n) is 20.0. The number of aromatic nitrogens is 2. The van der Waals surface area contributed by atoms with E-state index in [1.807, 2.05) is 53.1 Å². The highest BCUT2D eigenvalue weighted by atomic mass is 79.9. The second-order valence-electron chi connectivity index (χ2n) is 8.32. The maximum atomic E-state index is 13.0. The summed E-state index contributed by atoms with van der Waals surface area (Å²) in [6.07, 6.45) is 1.76. The fourth-order valence-corrected chi connectivity index (χ4v) is 4.39. The van der Waals surface area contributed by atoms with Gasteiger partial charge in [0, 0.05) is 26.2 Å². The van der Waals surface area contributed by atoms with Crippen molar-refractivity contribution in [2.45, 2.75) is 6.54 Å². The fraction of sp³-hybridized carbons (Fsp3) is 0.0667. The summed E-state index contributed by atoms with van der Waals surface area (Å²) in [5.41, 5.74) is 2.83. The average molecular weight is 608 g/mol. The standard InChI is InChI=1S/C30H21BrCl2N2O3/c31-22-9-15-25(16-10-22)37-18-17-35-27-4-2-1-3-26(27)34-29(35)19-28(20-5-11-23(32)12-6-20)38-30(36)21-7-13-24(33)14-8-21/h1-16,19H,17-18H2. The van der Waals surface area contributed by atoms with Crippen molar-refractivity contribution < 1.29 is 14.3 Å². The number of carbonyl (C=O) groups excluding carboxylic acids is 1. The van der Waals surface area contributed by atoms with E-state index in [4.69, 9.17) is 37.7 Å². The van der Waals surface area contributed by atoms with Crippen molar-refractivity contribution in [3.05, 3.63) is 129 Å². The quantitative estimate of drug-likeness (QED) is 0.131. The van der Waals surface area contributed by atoms with Gasteiger partial charge in [0.05, 0.1) is 23.1 Å². The van der Waals surface area contributed by atoms with Crippen molar-refractivity contribution in [3.63, 3.8) is 0 Å². The first-order chi connectivity index (χ1) is 18.5. The lowest BCUT2D eigenvalue weighted by molar-refractivity contribution is 0.0693. The summed E-state index contributed by atoms with van der Waals surface area (Å²) in [7, 11) is 0. The van der Waals surface area contributed by atoms with E-state index in [9.17, 15) is 4.79 Å². The molecule has 38 heavy (non-hydrogen) atoms. The van der Waals surface area contributed by atoms with Crippen LogP contribution in [0.4, 0.5) is 0 Å². The number of para-hydroxylation sites is 2. The van der Waals surface area contributed by atoms with Crippen LogP contribution in [0.25, 0.3) is 22.9 Å². The van der Waals surface area contributed by atoms with Crippen LogP contribution in [0.2, 0.25) is 10.0 Å². The normalized spacial score (nSPS) is 11.5. The lowest BCUT2D eigenvalue weighted by atomic mass is 10.1. The van der Waals surface area contributed by atoms with Gasteiger partial charge in [-0.3, -0.25) is 0 Å². The van der Waals surface area contributed by atoms with Crippen molar-refractivity contribution in [3.8, 4) is 5.75 Å². The summed E-state index contributed by atoms with van der Waals surface area (Å²) in [5.74, 6) is 1.23. The molecule has 4 aromatic carbocycles. The van der Waals surface area contributed by atoms with Crippen molar-refractivity contribution in [1.82, 2.24) is 9.55 Å². The largest absolute Gasteiger partial charge is 0.492 e. The zero-order valence-corrected chi connectivity index (χ0v) is 23.1. The van der Waals surface area contributed by atoms with E-state index in [-0.39, 0.29) is 0 Å². The van der Waals surface area contributed by atoms with Gasteiger partial charge < -0.3 is 14.0 Å². The number of rotatable bonds is 8. The number of halogens is 3. The van der Waals surface area contributed by atoms with Crippen molar-refractivity contribution in [2.75, 3.05) is 6.61 Å². The minimum Gasteiger partial charge on any atom is -0.492 e. The SMILES string of the molecule is O=C(OC(=Cc1nc2ccccc2n1CCOc1ccc(Br)cc1)c1ccc(Cl)cc1)c1ccc(Cl)cc1. The number of imidazole rings is 1. The average Bonchev–Trinajstić information content (AvgIpc) is 3.27.